The van der Waals surface area contributed by atoms with Gasteiger partial charge in [-0.2, -0.15) is 0 Å². The molecular weight excluding hydrogens is 264 g/mol. The van der Waals surface area contributed by atoms with Gasteiger partial charge in [-0.25, -0.2) is 0 Å². The van der Waals surface area contributed by atoms with Gasteiger partial charge in [0.25, 0.3) is 0 Å². The number of aliphatic hydroxyl groups excluding tert-OH is 3. The van der Waals surface area contributed by atoms with Crippen molar-refractivity contribution < 1.29 is 66.7 Å². The Kier molecular flexibility index (Phi) is 29.7. The van der Waals surface area contributed by atoms with Crippen LogP contribution in [0.4, 0.5) is 0 Å². The van der Waals surface area contributed by atoms with Gasteiger partial charge in [0.15, 0.2) is 0 Å². The van der Waals surface area contributed by atoms with E-state index in [0.29, 0.717) is 0 Å². The molecule has 16 heavy (non-hydrogen) atoms. The van der Waals surface area contributed by atoms with E-state index in [4.69, 9.17) is 45.0 Å². The van der Waals surface area contributed by atoms with Gasteiger partial charge in [-0.3, -0.25) is 0 Å². The van der Waals surface area contributed by atoms with Crippen LogP contribution in [-0.4, -0.2) is 53.0 Å². The Labute approximate surface area is 105 Å². The standard InChI is InChI=1S/3C2H4O3.Ti/c3*3-1-2(4)5;/h3*3H,1H2,(H,4,5);/q;;;+3/p-3. The van der Waals surface area contributed by atoms with Gasteiger partial charge in [0.1, 0.15) is 0 Å². The molecule has 9 nitrogen and oxygen atoms in total. The van der Waals surface area contributed by atoms with Crippen LogP contribution in [0.3, 0.4) is 0 Å². The Hall–Kier alpha value is -0.996. The van der Waals surface area contributed by atoms with Gasteiger partial charge in [0, 0.05) is 0 Å². The molecule has 3 N–H and O–H groups in total. The van der Waals surface area contributed by atoms with Crippen LogP contribution in [0.25, 0.3) is 0 Å². The molecular formula is C6H9O9Ti. The molecule has 0 saturated carbocycles. The van der Waals surface area contributed by atoms with Crippen LogP contribution in [0, 0.1) is 0 Å². The molecule has 0 bridgehead atoms. The Morgan fingerprint density at radius 2 is 0.750 bits per heavy atom. The zero-order chi connectivity index (χ0) is 12.9. The molecule has 0 aromatic rings. The van der Waals surface area contributed by atoms with Crippen molar-refractivity contribution in [3.05, 3.63) is 0 Å². The summed E-state index contributed by atoms with van der Waals surface area (Å²) in [6.45, 7) is -2.67. The molecule has 0 rings (SSSR count). The zero-order valence-corrected chi connectivity index (χ0v) is 9.47. The van der Waals surface area contributed by atoms with Crippen LogP contribution in [-0.2, 0) is 36.1 Å². The van der Waals surface area contributed by atoms with E-state index in [1.807, 2.05) is 0 Å². The summed E-state index contributed by atoms with van der Waals surface area (Å²) in [5, 5.41) is 49.5. The Morgan fingerprint density at radius 1 is 0.688 bits per heavy atom. The molecule has 0 aromatic carbocycles. The maximum absolute atomic E-state index is 9.01. The van der Waals surface area contributed by atoms with Crippen molar-refractivity contribution in [2.45, 2.75) is 0 Å². The van der Waals surface area contributed by atoms with Crippen LogP contribution in [0.15, 0.2) is 0 Å². The van der Waals surface area contributed by atoms with E-state index in [0.717, 1.165) is 0 Å². The van der Waals surface area contributed by atoms with Crippen LogP contribution in [0.5, 0.6) is 0 Å². The van der Waals surface area contributed by atoms with Crippen LogP contribution in [0.2, 0.25) is 0 Å². The largest absolute Gasteiger partial charge is 3.00 e. The molecule has 0 fully saturated rings. The quantitative estimate of drug-likeness (QED) is 0.420. The molecule has 0 heterocycles. The van der Waals surface area contributed by atoms with Gasteiger partial charge in [0.05, 0.1) is 37.7 Å². The first-order valence-corrected chi connectivity index (χ1v) is 3.23. The molecule has 0 aliphatic heterocycles. The fourth-order valence-corrected chi connectivity index (χ4v) is 0. The number of carboxylic acids is 3. The Bertz CT molecular complexity index is 159. The van der Waals surface area contributed by atoms with Gasteiger partial charge in [-0.1, -0.05) is 0 Å². The maximum Gasteiger partial charge on any atom is 3.00 e. The molecule has 0 amide bonds. The van der Waals surface area contributed by atoms with Gasteiger partial charge in [0.2, 0.25) is 0 Å². The Morgan fingerprint density at radius 3 is 0.750 bits per heavy atom. The molecule has 0 atom stereocenters. The second kappa shape index (κ2) is 19.6. The van der Waals surface area contributed by atoms with Crippen molar-refractivity contribution in [2.24, 2.45) is 0 Å². The molecule has 0 aliphatic rings. The van der Waals surface area contributed by atoms with Crippen molar-refractivity contribution in [3.63, 3.8) is 0 Å². The van der Waals surface area contributed by atoms with E-state index < -0.39 is 37.7 Å². The molecule has 91 valence electrons. The van der Waals surface area contributed by atoms with Gasteiger partial charge in [-0.15, -0.1) is 0 Å². The number of carbonyl (C=O) groups is 3. The monoisotopic (exact) mass is 273 g/mol. The average molecular weight is 273 g/mol. The summed E-state index contributed by atoms with van der Waals surface area (Å²) in [6, 6.07) is 0. The van der Waals surface area contributed by atoms with Crippen LogP contribution < -0.4 is 15.3 Å². The molecule has 0 unspecified atom stereocenters. The average Bonchev–Trinajstić information content (AvgIpc) is 2.19. The summed E-state index contributed by atoms with van der Waals surface area (Å²) in [5.74, 6) is -4.32. The summed E-state index contributed by atoms with van der Waals surface area (Å²) in [6.07, 6.45) is 0. The van der Waals surface area contributed by atoms with Crippen LogP contribution in [0.1, 0.15) is 0 Å². The topological polar surface area (TPSA) is 181 Å². The number of hydrogen-bond donors (Lipinski definition) is 3. The minimum atomic E-state index is -1.44. The molecule has 0 aromatic heterocycles. The maximum atomic E-state index is 9.01. The van der Waals surface area contributed by atoms with Crippen molar-refractivity contribution in [1.29, 1.82) is 0 Å². The van der Waals surface area contributed by atoms with E-state index in [9.17, 15) is 0 Å². The minimum Gasteiger partial charge on any atom is -0.548 e. The number of aliphatic hydroxyl groups is 3. The van der Waals surface area contributed by atoms with Gasteiger partial charge >= 0.3 is 21.7 Å². The molecule has 0 saturated heterocycles. The smallest absolute Gasteiger partial charge is 0.548 e. The van der Waals surface area contributed by atoms with E-state index >= 15 is 0 Å². The van der Waals surface area contributed by atoms with Gasteiger partial charge < -0.3 is 45.0 Å². The summed E-state index contributed by atoms with van der Waals surface area (Å²) in [5.41, 5.74) is 0. The predicted molar refractivity (Wildman–Crippen MR) is 36.3 cm³/mol. The number of carbonyl (C=O) groups excluding carboxylic acids is 3. The Balaban J connectivity index is -0.0000000655. The second-order valence-corrected chi connectivity index (χ2v) is 1.59. The normalized spacial score (nSPS) is 6.94. The molecule has 0 aliphatic carbocycles. The number of carboxylic acid groups (broad SMARTS) is 3. The van der Waals surface area contributed by atoms with Crippen molar-refractivity contribution in [2.75, 3.05) is 19.8 Å². The fraction of sp³-hybridized carbons (Fsp3) is 0.500. The third-order valence-corrected chi connectivity index (χ3v) is 0.387. The number of aliphatic carboxylic acids is 3. The first kappa shape index (κ1) is 24.3. The van der Waals surface area contributed by atoms with Crippen molar-refractivity contribution in [3.8, 4) is 0 Å². The molecule has 10 heteroatoms. The number of rotatable bonds is 3. The molecule has 0 spiro atoms. The first-order chi connectivity index (χ1) is 6.81. The van der Waals surface area contributed by atoms with Crippen LogP contribution >= 0.6 is 0 Å². The number of hydrogen-bond acceptors (Lipinski definition) is 9. The fourth-order valence-electron chi connectivity index (χ4n) is 0. The first-order valence-electron chi connectivity index (χ1n) is 3.23. The third-order valence-electron chi connectivity index (χ3n) is 0.387. The van der Waals surface area contributed by atoms with Gasteiger partial charge in [-0.05, 0) is 0 Å². The summed E-state index contributed by atoms with van der Waals surface area (Å²) in [4.78, 5) is 27.0. The van der Waals surface area contributed by atoms with E-state index in [-0.39, 0.29) is 21.7 Å². The summed E-state index contributed by atoms with van der Waals surface area (Å²) >= 11 is 0. The summed E-state index contributed by atoms with van der Waals surface area (Å²) in [7, 11) is 0. The van der Waals surface area contributed by atoms with E-state index in [1.54, 1.807) is 0 Å². The zero-order valence-electron chi connectivity index (χ0n) is 7.91. The van der Waals surface area contributed by atoms with Crippen molar-refractivity contribution in [1.82, 2.24) is 0 Å². The minimum absolute atomic E-state index is 0. The summed E-state index contributed by atoms with van der Waals surface area (Å²) < 4.78 is 0. The molecule has 1 radical (unpaired) electrons. The van der Waals surface area contributed by atoms with E-state index in [2.05, 4.69) is 0 Å². The third kappa shape index (κ3) is 74.8. The van der Waals surface area contributed by atoms with E-state index in [1.165, 1.54) is 0 Å². The predicted octanol–water partition coefficient (Wildman–Crippen LogP) is -6.82. The van der Waals surface area contributed by atoms with Crippen molar-refractivity contribution >= 4 is 17.9 Å². The second-order valence-electron chi connectivity index (χ2n) is 1.59. The SMILES string of the molecule is O=C([O-])CO.O=C([O-])CO.O=C([O-])CO.[Ti+3].